The third-order valence-electron chi connectivity index (χ3n) is 6.14. The summed E-state index contributed by atoms with van der Waals surface area (Å²) in [6, 6.07) is 5.46. The number of nitrogens with zero attached hydrogens (tertiary/aromatic N) is 2. The summed E-state index contributed by atoms with van der Waals surface area (Å²) in [6.45, 7) is 6.50. The summed E-state index contributed by atoms with van der Waals surface area (Å²) in [7, 11) is 0. The van der Waals surface area contributed by atoms with Gasteiger partial charge in [0.25, 0.3) is 5.56 Å². The van der Waals surface area contributed by atoms with E-state index in [1.165, 1.54) is 16.5 Å². The van der Waals surface area contributed by atoms with Crippen molar-refractivity contribution in [1.29, 1.82) is 0 Å². The van der Waals surface area contributed by atoms with Gasteiger partial charge in [0.2, 0.25) is 0 Å². The van der Waals surface area contributed by atoms with E-state index < -0.39 is 5.63 Å². The van der Waals surface area contributed by atoms with E-state index in [0.29, 0.717) is 18.0 Å². The van der Waals surface area contributed by atoms with Crippen LogP contribution in [-0.2, 0) is 19.4 Å². The van der Waals surface area contributed by atoms with Crippen molar-refractivity contribution in [3.05, 3.63) is 72.4 Å². The lowest BCUT2D eigenvalue weighted by Crippen LogP contribution is -2.22. The van der Waals surface area contributed by atoms with Crippen molar-refractivity contribution >= 4 is 32.5 Å². The molecule has 0 fully saturated rings. The van der Waals surface area contributed by atoms with Crippen LogP contribution in [0.1, 0.15) is 40.5 Å². The highest BCUT2D eigenvalue weighted by Crippen LogP contribution is 2.35. The second-order valence-electron chi connectivity index (χ2n) is 8.18. The van der Waals surface area contributed by atoms with Gasteiger partial charge in [-0.15, -0.1) is 11.3 Å². The summed E-state index contributed by atoms with van der Waals surface area (Å²) in [4.78, 5) is 32.2. The molecule has 0 aliphatic heterocycles. The van der Waals surface area contributed by atoms with Crippen molar-refractivity contribution in [2.45, 2.75) is 46.6 Å². The molecule has 0 N–H and O–H groups in total. The molecular formula is C23H22N2O3S. The van der Waals surface area contributed by atoms with Crippen molar-refractivity contribution in [3.8, 4) is 0 Å². The van der Waals surface area contributed by atoms with Gasteiger partial charge in [0.15, 0.2) is 0 Å². The van der Waals surface area contributed by atoms with Crippen LogP contribution in [0.5, 0.6) is 0 Å². The van der Waals surface area contributed by atoms with Crippen LogP contribution in [0.4, 0.5) is 0 Å². The van der Waals surface area contributed by atoms with Crippen LogP contribution in [0.25, 0.3) is 21.2 Å². The molecule has 0 saturated carbocycles. The summed E-state index contributed by atoms with van der Waals surface area (Å²) in [5.41, 5.74) is 4.15. The van der Waals surface area contributed by atoms with Crippen LogP contribution >= 0.6 is 11.3 Å². The predicted molar refractivity (Wildman–Crippen MR) is 116 cm³/mol. The number of rotatable bonds is 2. The highest BCUT2D eigenvalue weighted by molar-refractivity contribution is 7.18. The number of aromatic nitrogens is 2. The largest absolute Gasteiger partial charge is 0.422 e. The first-order chi connectivity index (χ1) is 13.9. The molecule has 6 heteroatoms. The van der Waals surface area contributed by atoms with Gasteiger partial charge in [-0.3, -0.25) is 9.36 Å². The molecule has 29 heavy (non-hydrogen) atoms. The Hall–Kier alpha value is -2.73. The van der Waals surface area contributed by atoms with Crippen molar-refractivity contribution in [3.63, 3.8) is 0 Å². The molecular weight excluding hydrogens is 384 g/mol. The second-order valence-corrected chi connectivity index (χ2v) is 9.27. The highest BCUT2D eigenvalue weighted by atomic mass is 32.1. The Balaban J connectivity index is 1.67. The summed E-state index contributed by atoms with van der Waals surface area (Å²) < 4.78 is 7.09. The Morgan fingerprint density at radius 3 is 2.93 bits per heavy atom. The quantitative estimate of drug-likeness (QED) is 0.464. The van der Waals surface area contributed by atoms with E-state index in [1.54, 1.807) is 22.2 Å². The average Bonchev–Trinajstić information content (AvgIpc) is 3.05. The van der Waals surface area contributed by atoms with Gasteiger partial charge in [-0.05, 0) is 61.3 Å². The van der Waals surface area contributed by atoms with Gasteiger partial charge < -0.3 is 4.42 Å². The molecule has 148 valence electrons. The van der Waals surface area contributed by atoms with Crippen LogP contribution < -0.4 is 11.2 Å². The fourth-order valence-electron chi connectivity index (χ4n) is 4.32. The molecule has 4 aromatic rings. The molecule has 0 bridgehead atoms. The van der Waals surface area contributed by atoms with E-state index in [-0.39, 0.29) is 5.56 Å². The lowest BCUT2D eigenvalue weighted by Gasteiger charge is -2.17. The minimum atomic E-state index is -0.398. The van der Waals surface area contributed by atoms with E-state index in [4.69, 9.17) is 4.42 Å². The van der Waals surface area contributed by atoms with Crippen LogP contribution in [0.3, 0.4) is 0 Å². The maximum Gasteiger partial charge on any atom is 0.336 e. The van der Waals surface area contributed by atoms with Crippen LogP contribution in [0, 0.1) is 19.8 Å². The Bertz CT molecular complexity index is 1390. The first kappa shape index (κ1) is 18.3. The molecule has 3 aromatic heterocycles. The minimum absolute atomic E-state index is 0.0210. The topological polar surface area (TPSA) is 65.1 Å². The number of hydrogen-bond acceptors (Lipinski definition) is 5. The van der Waals surface area contributed by atoms with E-state index in [0.717, 1.165) is 51.6 Å². The maximum absolute atomic E-state index is 13.3. The standard InChI is InChI=1S/C23H22N2O3S/c1-12-4-6-17-18(8-12)29-22-20(17)23(27)25(11-24-22)10-15-9-19(26)28-21-14(3)13(2)5-7-16(15)21/h5,7,9,11-12H,4,6,8,10H2,1-3H3. The minimum Gasteiger partial charge on any atom is -0.422 e. The molecule has 0 spiro atoms. The maximum atomic E-state index is 13.3. The van der Waals surface area contributed by atoms with Gasteiger partial charge in [0.1, 0.15) is 10.4 Å². The summed E-state index contributed by atoms with van der Waals surface area (Å²) in [6.07, 6.45) is 4.68. The fourth-order valence-corrected chi connectivity index (χ4v) is 5.66. The first-order valence-electron chi connectivity index (χ1n) is 9.95. The van der Waals surface area contributed by atoms with Gasteiger partial charge in [0.05, 0.1) is 18.3 Å². The van der Waals surface area contributed by atoms with Crippen molar-refractivity contribution < 1.29 is 4.42 Å². The molecule has 0 radical (unpaired) electrons. The molecule has 0 amide bonds. The molecule has 5 rings (SSSR count). The number of aryl methyl sites for hydroxylation is 3. The summed E-state index contributed by atoms with van der Waals surface area (Å²) >= 11 is 1.65. The van der Waals surface area contributed by atoms with Crippen LogP contribution in [-0.4, -0.2) is 9.55 Å². The SMILES string of the molecule is Cc1ccc2c(Cn3cnc4sc5c(c4c3=O)CCC(C)C5)cc(=O)oc2c1C. The zero-order chi connectivity index (χ0) is 20.3. The monoisotopic (exact) mass is 406 g/mol. The zero-order valence-electron chi connectivity index (χ0n) is 16.7. The number of hydrogen-bond donors (Lipinski definition) is 0. The number of fused-ring (bicyclic) bond motifs is 4. The third-order valence-corrected chi connectivity index (χ3v) is 7.30. The highest BCUT2D eigenvalue weighted by Gasteiger charge is 2.23. The normalized spacial score (nSPS) is 16.4. The number of benzene rings is 1. The van der Waals surface area contributed by atoms with Crippen LogP contribution in [0.2, 0.25) is 0 Å². The summed E-state index contributed by atoms with van der Waals surface area (Å²) in [5, 5.41) is 1.62. The molecule has 0 saturated heterocycles. The van der Waals surface area contributed by atoms with E-state index in [2.05, 4.69) is 11.9 Å². The van der Waals surface area contributed by atoms with E-state index >= 15 is 0 Å². The van der Waals surface area contributed by atoms with E-state index in [9.17, 15) is 9.59 Å². The molecule has 1 aromatic carbocycles. The molecule has 3 heterocycles. The van der Waals surface area contributed by atoms with Gasteiger partial charge >= 0.3 is 5.63 Å². The Morgan fingerprint density at radius 2 is 2.10 bits per heavy atom. The third kappa shape index (κ3) is 2.94. The van der Waals surface area contributed by atoms with Crippen molar-refractivity contribution in [2.75, 3.05) is 0 Å². The molecule has 5 nitrogen and oxygen atoms in total. The van der Waals surface area contributed by atoms with Gasteiger partial charge in [-0.2, -0.15) is 0 Å². The molecule has 1 atom stereocenters. The average molecular weight is 407 g/mol. The lowest BCUT2D eigenvalue weighted by molar-refractivity contribution is 0.509. The van der Waals surface area contributed by atoms with Gasteiger partial charge in [-0.25, -0.2) is 9.78 Å². The van der Waals surface area contributed by atoms with Gasteiger partial charge in [-0.1, -0.05) is 19.1 Å². The van der Waals surface area contributed by atoms with Crippen molar-refractivity contribution in [2.24, 2.45) is 5.92 Å². The Labute approximate surface area is 171 Å². The van der Waals surface area contributed by atoms with E-state index in [1.807, 2.05) is 26.0 Å². The molecule has 1 unspecified atom stereocenters. The predicted octanol–water partition coefficient (Wildman–Crippen LogP) is 4.35. The first-order valence-corrected chi connectivity index (χ1v) is 10.8. The van der Waals surface area contributed by atoms with Crippen molar-refractivity contribution in [1.82, 2.24) is 9.55 Å². The van der Waals surface area contributed by atoms with Gasteiger partial charge in [0, 0.05) is 16.3 Å². The summed E-state index contributed by atoms with van der Waals surface area (Å²) in [5.74, 6) is 0.652. The Morgan fingerprint density at radius 1 is 1.28 bits per heavy atom. The smallest absolute Gasteiger partial charge is 0.336 e. The molecule has 1 aliphatic rings. The molecule has 1 aliphatic carbocycles. The van der Waals surface area contributed by atoms with Crippen LogP contribution in [0.15, 0.2) is 38.5 Å². The second kappa shape index (κ2) is 6.66. The zero-order valence-corrected chi connectivity index (χ0v) is 17.6. The lowest BCUT2D eigenvalue weighted by atomic mass is 9.89. The fraction of sp³-hybridized carbons (Fsp3) is 0.348. The number of thiophene rings is 1. The Kier molecular flexibility index (Phi) is 4.21.